The summed E-state index contributed by atoms with van der Waals surface area (Å²) in [5.74, 6) is -1.06. The quantitative estimate of drug-likeness (QED) is 0.697. The first-order chi connectivity index (χ1) is 6.20. The highest BCUT2D eigenvalue weighted by Gasteiger charge is 2.12. The van der Waals surface area contributed by atoms with Crippen LogP contribution in [0.2, 0.25) is 0 Å². The van der Waals surface area contributed by atoms with E-state index in [1.165, 1.54) is 4.52 Å². The van der Waals surface area contributed by atoms with E-state index in [4.69, 9.17) is 5.11 Å². The summed E-state index contributed by atoms with van der Waals surface area (Å²) in [6.07, 6.45) is 0. The fraction of sp³-hybridized carbons (Fsp3) is 0.125. The third kappa shape index (κ3) is 1.05. The number of carboxylic acid groups (broad SMARTS) is 1. The van der Waals surface area contributed by atoms with Crippen LogP contribution in [0, 0.1) is 6.92 Å². The number of rotatable bonds is 1. The van der Waals surface area contributed by atoms with E-state index in [2.05, 4.69) is 10.3 Å². The highest BCUT2D eigenvalue weighted by atomic mass is 16.4. The molecule has 0 atom stereocenters. The maximum absolute atomic E-state index is 10.7. The molecule has 5 nitrogen and oxygen atoms in total. The molecule has 2 heterocycles. The van der Waals surface area contributed by atoms with Gasteiger partial charge in [0.25, 0.3) is 0 Å². The SMILES string of the molecule is Cc1cccc2c(C(=O)O)nnn12. The number of nitrogens with zero attached hydrogens (tertiary/aromatic N) is 3. The van der Waals surface area contributed by atoms with E-state index < -0.39 is 5.97 Å². The maximum Gasteiger partial charge on any atom is 0.358 e. The smallest absolute Gasteiger partial charge is 0.358 e. The van der Waals surface area contributed by atoms with Crippen molar-refractivity contribution in [3.05, 3.63) is 29.6 Å². The maximum atomic E-state index is 10.7. The van der Waals surface area contributed by atoms with Crippen LogP contribution in [0.3, 0.4) is 0 Å². The Morgan fingerprint density at radius 1 is 1.54 bits per heavy atom. The van der Waals surface area contributed by atoms with Crippen LogP contribution in [0.1, 0.15) is 16.2 Å². The summed E-state index contributed by atoms with van der Waals surface area (Å²) in [7, 11) is 0. The topological polar surface area (TPSA) is 67.5 Å². The Kier molecular flexibility index (Phi) is 1.51. The summed E-state index contributed by atoms with van der Waals surface area (Å²) in [5.41, 5.74) is 1.37. The number of aromatic carboxylic acids is 1. The van der Waals surface area contributed by atoms with Crippen LogP contribution in [0.4, 0.5) is 0 Å². The van der Waals surface area contributed by atoms with E-state index in [-0.39, 0.29) is 5.69 Å². The molecule has 0 unspecified atom stereocenters. The largest absolute Gasteiger partial charge is 0.476 e. The average Bonchev–Trinajstić information content (AvgIpc) is 2.48. The molecular weight excluding hydrogens is 170 g/mol. The van der Waals surface area contributed by atoms with Crippen LogP contribution in [0.15, 0.2) is 18.2 Å². The van der Waals surface area contributed by atoms with E-state index in [1.54, 1.807) is 12.1 Å². The first kappa shape index (κ1) is 7.72. The highest BCUT2D eigenvalue weighted by molar-refractivity contribution is 5.93. The minimum atomic E-state index is -1.06. The number of carboxylic acids is 1. The van der Waals surface area contributed by atoms with E-state index in [0.717, 1.165) is 5.69 Å². The Bertz CT molecular complexity index is 475. The molecule has 1 N–H and O–H groups in total. The molecule has 66 valence electrons. The third-order valence-electron chi connectivity index (χ3n) is 1.83. The lowest BCUT2D eigenvalue weighted by molar-refractivity contribution is 0.0692. The number of hydrogen-bond acceptors (Lipinski definition) is 3. The summed E-state index contributed by atoms with van der Waals surface area (Å²) < 4.78 is 1.50. The molecule has 0 spiro atoms. The average molecular weight is 177 g/mol. The molecule has 5 heteroatoms. The lowest BCUT2D eigenvalue weighted by Crippen LogP contribution is -1.97. The van der Waals surface area contributed by atoms with Gasteiger partial charge in [0.05, 0.1) is 0 Å². The van der Waals surface area contributed by atoms with Crippen LogP contribution in [-0.2, 0) is 0 Å². The second kappa shape index (κ2) is 2.55. The normalized spacial score (nSPS) is 10.5. The first-order valence-electron chi connectivity index (χ1n) is 3.74. The monoisotopic (exact) mass is 177 g/mol. The van der Waals surface area contributed by atoms with Crippen molar-refractivity contribution in [1.29, 1.82) is 0 Å². The van der Waals surface area contributed by atoms with E-state index in [1.807, 2.05) is 13.0 Å². The number of pyridine rings is 1. The van der Waals surface area contributed by atoms with Crippen molar-refractivity contribution in [2.24, 2.45) is 0 Å². The molecule has 0 radical (unpaired) electrons. The minimum absolute atomic E-state index is 0.0105. The Morgan fingerprint density at radius 2 is 2.31 bits per heavy atom. The molecule has 0 amide bonds. The molecular formula is C8H7N3O2. The molecule has 2 rings (SSSR count). The molecule has 2 aromatic heterocycles. The van der Waals surface area contributed by atoms with Crippen LogP contribution in [-0.4, -0.2) is 25.9 Å². The number of aromatic nitrogens is 3. The number of carbonyl (C=O) groups is 1. The molecule has 0 bridgehead atoms. The zero-order valence-electron chi connectivity index (χ0n) is 6.93. The molecule has 0 aliphatic heterocycles. The van der Waals surface area contributed by atoms with Crippen molar-refractivity contribution in [2.45, 2.75) is 6.92 Å². The van der Waals surface area contributed by atoms with Gasteiger partial charge < -0.3 is 5.11 Å². The summed E-state index contributed by atoms with van der Waals surface area (Å²) in [5, 5.41) is 16.0. The predicted octanol–water partition coefficient (Wildman–Crippen LogP) is 0.736. The van der Waals surface area contributed by atoms with E-state index in [9.17, 15) is 4.79 Å². The molecule has 0 saturated carbocycles. The Hall–Kier alpha value is -1.91. The molecule has 0 aliphatic carbocycles. The van der Waals surface area contributed by atoms with E-state index in [0.29, 0.717) is 5.52 Å². The summed E-state index contributed by atoms with van der Waals surface area (Å²) >= 11 is 0. The van der Waals surface area contributed by atoms with Crippen molar-refractivity contribution in [3.63, 3.8) is 0 Å². The molecule has 0 fully saturated rings. The highest BCUT2D eigenvalue weighted by Crippen LogP contribution is 2.09. The summed E-state index contributed by atoms with van der Waals surface area (Å²) in [6.45, 7) is 1.84. The van der Waals surface area contributed by atoms with Gasteiger partial charge in [-0.15, -0.1) is 5.10 Å². The van der Waals surface area contributed by atoms with Crippen molar-refractivity contribution in [3.8, 4) is 0 Å². The fourth-order valence-corrected chi connectivity index (χ4v) is 1.20. The predicted molar refractivity (Wildman–Crippen MR) is 44.7 cm³/mol. The second-order valence-corrected chi connectivity index (χ2v) is 2.71. The molecule has 2 aromatic rings. The van der Waals surface area contributed by atoms with Crippen molar-refractivity contribution < 1.29 is 9.90 Å². The number of aryl methyl sites for hydroxylation is 1. The molecule has 0 aliphatic rings. The van der Waals surface area contributed by atoms with Gasteiger partial charge in [-0.05, 0) is 19.1 Å². The van der Waals surface area contributed by atoms with E-state index >= 15 is 0 Å². The Morgan fingerprint density at radius 3 is 3.00 bits per heavy atom. The minimum Gasteiger partial charge on any atom is -0.476 e. The van der Waals surface area contributed by atoms with Gasteiger partial charge >= 0.3 is 5.97 Å². The lowest BCUT2D eigenvalue weighted by atomic mass is 10.3. The van der Waals surface area contributed by atoms with Gasteiger partial charge in [0.15, 0.2) is 5.69 Å². The summed E-state index contributed by atoms with van der Waals surface area (Å²) in [6, 6.07) is 5.30. The van der Waals surface area contributed by atoms with Gasteiger partial charge in [-0.1, -0.05) is 11.3 Å². The molecule has 0 saturated heterocycles. The van der Waals surface area contributed by atoms with Crippen LogP contribution in [0.25, 0.3) is 5.52 Å². The zero-order chi connectivity index (χ0) is 9.42. The third-order valence-corrected chi connectivity index (χ3v) is 1.83. The Balaban J connectivity index is 2.83. The van der Waals surface area contributed by atoms with Gasteiger partial charge in [-0.2, -0.15) is 0 Å². The van der Waals surface area contributed by atoms with Crippen molar-refractivity contribution in [2.75, 3.05) is 0 Å². The first-order valence-corrected chi connectivity index (χ1v) is 3.74. The van der Waals surface area contributed by atoms with Gasteiger partial charge in [-0.3, -0.25) is 0 Å². The fourth-order valence-electron chi connectivity index (χ4n) is 1.20. The Labute approximate surface area is 73.6 Å². The molecule has 13 heavy (non-hydrogen) atoms. The van der Waals surface area contributed by atoms with Crippen LogP contribution >= 0.6 is 0 Å². The number of hydrogen-bond donors (Lipinski definition) is 1. The van der Waals surface area contributed by atoms with Crippen LogP contribution < -0.4 is 0 Å². The van der Waals surface area contributed by atoms with Crippen LogP contribution in [0.5, 0.6) is 0 Å². The van der Waals surface area contributed by atoms with Gasteiger partial charge in [0.1, 0.15) is 5.52 Å². The lowest BCUT2D eigenvalue weighted by Gasteiger charge is -1.95. The van der Waals surface area contributed by atoms with Gasteiger partial charge in [-0.25, -0.2) is 9.31 Å². The standard InChI is InChI=1S/C8H7N3O2/c1-5-3-2-4-6-7(8(12)13)9-10-11(5)6/h2-4H,1H3,(H,12,13). The second-order valence-electron chi connectivity index (χ2n) is 2.71. The van der Waals surface area contributed by atoms with Crippen molar-refractivity contribution >= 4 is 11.5 Å². The summed E-state index contributed by atoms with van der Waals surface area (Å²) in [4.78, 5) is 10.7. The van der Waals surface area contributed by atoms with Crippen molar-refractivity contribution in [1.82, 2.24) is 14.8 Å². The zero-order valence-corrected chi connectivity index (χ0v) is 6.93. The van der Waals surface area contributed by atoms with Gasteiger partial charge in [0, 0.05) is 5.69 Å². The number of fused-ring (bicyclic) bond motifs is 1. The van der Waals surface area contributed by atoms with Gasteiger partial charge in [0.2, 0.25) is 0 Å². The molecule has 0 aromatic carbocycles.